The number of benzene rings is 1. The van der Waals surface area contributed by atoms with Gasteiger partial charge in [0, 0.05) is 49.1 Å². The molecular formula is C27H27N5O5. The minimum atomic E-state index is -0.629. The Balaban J connectivity index is 1.43. The Kier molecular flexibility index (Phi) is 8.19. The Morgan fingerprint density at radius 3 is 2.57 bits per heavy atom. The van der Waals surface area contributed by atoms with Gasteiger partial charge in [0.05, 0.1) is 30.6 Å². The van der Waals surface area contributed by atoms with Crippen LogP contribution in [0.15, 0.2) is 73.3 Å². The first-order chi connectivity index (χ1) is 17.9. The molecule has 2 aromatic heterocycles. The van der Waals surface area contributed by atoms with Crippen molar-refractivity contribution in [1.29, 1.82) is 0 Å². The highest BCUT2D eigenvalue weighted by Gasteiger charge is 2.36. The van der Waals surface area contributed by atoms with Crippen LogP contribution in [0.3, 0.4) is 0 Å². The first-order valence-electron chi connectivity index (χ1n) is 11.9. The zero-order valence-corrected chi connectivity index (χ0v) is 20.3. The van der Waals surface area contributed by atoms with Crippen molar-refractivity contribution in [2.24, 2.45) is 5.92 Å². The molecule has 1 aliphatic rings. The molecule has 0 radical (unpaired) electrons. The fourth-order valence-corrected chi connectivity index (χ4v) is 4.10. The van der Waals surface area contributed by atoms with E-state index >= 15 is 0 Å². The second-order valence-corrected chi connectivity index (χ2v) is 8.51. The minimum absolute atomic E-state index is 0.0251. The number of amides is 3. The normalized spacial score (nSPS) is 15.6. The molecule has 10 nitrogen and oxygen atoms in total. The van der Waals surface area contributed by atoms with Gasteiger partial charge in [0.15, 0.2) is 0 Å². The molecule has 0 saturated carbocycles. The molecule has 10 heteroatoms. The predicted octanol–water partition coefficient (Wildman–Crippen LogP) is 2.89. The van der Waals surface area contributed by atoms with E-state index < -0.39 is 17.9 Å². The maximum atomic E-state index is 13.1. The smallest absolute Gasteiger partial charge is 0.308 e. The van der Waals surface area contributed by atoms with Gasteiger partial charge in [-0.15, -0.1) is 0 Å². The zero-order valence-electron chi connectivity index (χ0n) is 20.3. The molecular weight excluding hydrogens is 474 g/mol. The van der Waals surface area contributed by atoms with Crippen LogP contribution in [-0.2, 0) is 19.1 Å². The van der Waals surface area contributed by atoms with Crippen molar-refractivity contribution in [2.75, 3.05) is 23.4 Å². The Labute approximate surface area is 214 Å². The molecule has 1 aromatic carbocycles. The van der Waals surface area contributed by atoms with E-state index in [1.807, 2.05) is 0 Å². The number of carbonyl (C=O) groups excluding carboxylic acids is 4. The van der Waals surface area contributed by atoms with Crippen molar-refractivity contribution in [3.05, 3.63) is 84.4 Å². The third-order valence-corrected chi connectivity index (χ3v) is 5.91. The van der Waals surface area contributed by atoms with E-state index in [1.54, 1.807) is 74.0 Å². The molecule has 1 fully saturated rings. The van der Waals surface area contributed by atoms with E-state index in [9.17, 15) is 19.2 Å². The van der Waals surface area contributed by atoms with E-state index in [2.05, 4.69) is 20.6 Å². The topological polar surface area (TPSA) is 131 Å². The molecule has 2 unspecified atom stereocenters. The molecule has 0 bridgehead atoms. The molecule has 3 heterocycles. The van der Waals surface area contributed by atoms with Crippen LogP contribution in [0.4, 0.5) is 11.4 Å². The van der Waals surface area contributed by atoms with Crippen LogP contribution >= 0.6 is 0 Å². The molecule has 2 N–H and O–H groups in total. The fourth-order valence-electron chi connectivity index (χ4n) is 4.10. The Morgan fingerprint density at radius 2 is 1.86 bits per heavy atom. The molecule has 1 aliphatic heterocycles. The van der Waals surface area contributed by atoms with Crippen molar-refractivity contribution < 1.29 is 23.9 Å². The number of hydrogen-bond donors (Lipinski definition) is 2. The summed E-state index contributed by atoms with van der Waals surface area (Å²) in [5, 5.41) is 5.69. The van der Waals surface area contributed by atoms with Gasteiger partial charge in [-0.05, 0) is 48.9 Å². The highest BCUT2D eigenvalue weighted by Crippen LogP contribution is 2.28. The van der Waals surface area contributed by atoms with Crippen LogP contribution in [0.1, 0.15) is 41.7 Å². The van der Waals surface area contributed by atoms with E-state index in [1.165, 1.54) is 11.1 Å². The first-order valence-corrected chi connectivity index (χ1v) is 11.9. The van der Waals surface area contributed by atoms with Crippen molar-refractivity contribution in [3.8, 4) is 0 Å². The van der Waals surface area contributed by atoms with Gasteiger partial charge in [0.2, 0.25) is 11.8 Å². The minimum Gasteiger partial charge on any atom is -0.466 e. The van der Waals surface area contributed by atoms with Crippen LogP contribution in [-0.4, -0.2) is 46.8 Å². The van der Waals surface area contributed by atoms with Gasteiger partial charge in [-0.3, -0.25) is 29.1 Å². The fraction of sp³-hybridized carbons (Fsp3) is 0.259. The number of esters is 1. The molecule has 3 amide bonds. The summed E-state index contributed by atoms with van der Waals surface area (Å²) in [5.41, 5.74) is 2.16. The first kappa shape index (κ1) is 25.5. The van der Waals surface area contributed by atoms with E-state index in [-0.39, 0.29) is 43.7 Å². The summed E-state index contributed by atoms with van der Waals surface area (Å²) in [6, 6.07) is 13.1. The quantitative estimate of drug-likeness (QED) is 0.431. The number of rotatable bonds is 9. The van der Waals surface area contributed by atoms with Gasteiger partial charge in [-0.25, -0.2) is 0 Å². The van der Waals surface area contributed by atoms with E-state index in [0.717, 1.165) is 0 Å². The number of hydrogen-bond acceptors (Lipinski definition) is 7. The van der Waals surface area contributed by atoms with Crippen molar-refractivity contribution >= 4 is 35.1 Å². The van der Waals surface area contributed by atoms with Crippen molar-refractivity contribution in [3.63, 3.8) is 0 Å². The predicted molar refractivity (Wildman–Crippen MR) is 135 cm³/mol. The molecule has 0 aliphatic carbocycles. The van der Waals surface area contributed by atoms with Crippen LogP contribution in [0.5, 0.6) is 0 Å². The van der Waals surface area contributed by atoms with Crippen LogP contribution < -0.4 is 15.5 Å². The molecule has 190 valence electrons. The summed E-state index contributed by atoms with van der Waals surface area (Å²) in [4.78, 5) is 60.1. The van der Waals surface area contributed by atoms with Gasteiger partial charge >= 0.3 is 5.97 Å². The van der Waals surface area contributed by atoms with Gasteiger partial charge in [0.1, 0.15) is 0 Å². The number of anilines is 2. The second kappa shape index (κ2) is 11.9. The number of ether oxygens (including phenoxy) is 1. The lowest BCUT2D eigenvalue weighted by molar-refractivity contribution is -0.144. The number of pyridine rings is 2. The van der Waals surface area contributed by atoms with E-state index in [0.29, 0.717) is 22.5 Å². The standard InChI is InChI=1S/C27H27N5O5/c1-2-37-25(34)14-23(18-6-4-10-28-15-18)31-27(36)20-12-24(33)32(17-20)22-9-3-8-21(13-22)30-26(35)19-7-5-11-29-16-19/h3-11,13,15-16,20,23H,2,12,14,17H2,1H3,(H,30,35)(H,31,36). The third-order valence-electron chi connectivity index (χ3n) is 5.91. The molecule has 1 saturated heterocycles. The van der Waals surface area contributed by atoms with Crippen molar-refractivity contribution in [2.45, 2.75) is 25.8 Å². The second-order valence-electron chi connectivity index (χ2n) is 8.51. The lowest BCUT2D eigenvalue weighted by Crippen LogP contribution is -2.36. The van der Waals surface area contributed by atoms with Crippen LogP contribution in [0.2, 0.25) is 0 Å². The molecule has 37 heavy (non-hydrogen) atoms. The zero-order chi connectivity index (χ0) is 26.2. The summed E-state index contributed by atoms with van der Waals surface area (Å²) in [6.07, 6.45) is 6.21. The summed E-state index contributed by atoms with van der Waals surface area (Å²) < 4.78 is 5.05. The monoisotopic (exact) mass is 501 g/mol. The molecule has 4 rings (SSSR count). The number of nitrogens with zero attached hydrogens (tertiary/aromatic N) is 3. The average Bonchev–Trinajstić information content (AvgIpc) is 3.31. The summed E-state index contributed by atoms with van der Waals surface area (Å²) >= 11 is 0. The largest absolute Gasteiger partial charge is 0.466 e. The Morgan fingerprint density at radius 1 is 1.08 bits per heavy atom. The molecule has 2 atom stereocenters. The number of nitrogens with one attached hydrogen (secondary N) is 2. The van der Waals surface area contributed by atoms with Gasteiger partial charge < -0.3 is 20.3 Å². The maximum Gasteiger partial charge on any atom is 0.308 e. The highest BCUT2D eigenvalue weighted by molar-refractivity contribution is 6.05. The van der Waals surface area contributed by atoms with Crippen molar-refractivity contribution in [1.82, 2.24) is 15.3 Å². The summed E-state index contributed by atoms with van der Waals surface area (Å²) in [5.74, 6) is -1.92. The van der Waals surface area contributed by atoms with Gasteiger partial charge in [-0.1, -0.05) is 12.1 Å². The Hall–Kier alpha value is -4.60. The van der Waals surface area contributed by atoms with Gasteiger partial charge in [-0.2, -0.15) is 0 Å². The summed E-state index contributed by atoms with van der Waals surface area (Å²) in [7, 11) is 0. The molecule has 3 aromatic rings. The Bertz CT molecular complexity index is 1270. The number of aromatic nitrogens is 2. The SMILES string of the molecule is CCOC(=O)CC(NC(=O)C1CC(=O)N(c2cccc(NC(=O)c3cccnc3)c2)C1)c1cccnc1. The maximum absolute atomic E-state index is 13.1. The van der Waals surface area contributed by atoms with Gasteiger partial charge in [0.25, 0.3) is 5.91 Å². The highest BCUT2D eigenvalue weighted by atomic mass is 16.5. The van der Waals surface area contributed by atoms with Crippen LogP contribution in [0.25, 0.3) is 0 Å². The summed E-state index contributed by atoms with van der Waals surface area (Å²) in [6.45, 7) is 2.12. The lowest BCUT2D eigenvalue weighted by Gasteiger charge is -2.21. The van der Waals surface area contributed by atoms with E-state index in [4.69, 9.17) is 4.74 Å². The average molecular weight is 502 g/mol. The third kappa shape index (κ3) is 6.54. The lowest BCUT2D eigenvalue weighted by atomic mass is 10.0. The van der Waals surface area contributed by atoms with Crippen LogP contribution in [0, 0.1) is 5.92 Å². The molecule has 0 spiro atoms. The number of carbonyl (C=O) groups is 4.